The summed E-state index contributed by atoms with van der Waals surface area (Å²) < 4.78 is 20.2. The lowest BCUT2D eigenvalue weighted by atomic mass is 10.2. The highest BCUT2D eigenvalue weighted by atomic mass is 31.2. The maximum atomic E-state index is 11.2. The van der Waals surface area contributed by atoms with Gasteiger partial charge in [-0.05, 0) is 17.7 Å². The molecule has 0 N–H and O–H groups in total. The van der Waals surface area contributed by atoms with Gasteiger partial charge in [-0.1, -0.05) is 6.08 Å². The summed E-state index contributed by atoms with van der Waals surface area (Å²) in [6.45, 7) is 2.90. The Bertz CT molecular complexity index is 472. The first-order chi connectivity index (χ1) is 8.44. The Kier molecular flexibility index (Phi) is 5.18. The molecule has 0 aliphatic carbocycles. The third kappa shape index (κ3) is 4.77. The Labute approximate surface area is 103 Å². The second kappa shape index (κ2) is 6.42. The fourth-order valence-corrected chi connectivity index (χ4v) is 1.72. The van der Waals surface area contributed by atoms with Crippen molar-refractivity contribution in [2.24, 2.45) is 0 Å². The smallest absolute Gasteiger partial charge is 0.269 e. The first-order valence-electron chi connectivity index (χ1n) is 4.89. The van der Waals surface area contributed by atoms with Crippen molar-refractivity contribution < 1.29 is 23.4 Å². The van der Waals surface area contributed by atoms with Crippen molar-refractivity contribution in [1.29, 1.82) is 0 Å². The van der Waals surface area contributed by atoms with Crippen LogP contribution in [0.3, 0.4) is 0 Å². The lowest BCUT2D eigenvalue weighted by Gasteiger charge is -2.21. The largest absolute Gasteiger partial charge is 0.756 e. The summed E-state index contributed by atoms with van der Waals surface area (Å²) in [6.07, 6.45) is 1.28. The molecule has 1 rings (SSSR count). The lowest BCUT2D eigenvalue weighted by Crippen LogP contribution is -2.08. The Morgan fingerprint density at radius 2 is 1.94 bits per heavy atom. The van der Waals surface area contributed by atoms with Crippen LogP contribution in [0.4, 0.5) is 5.69 Å². The van der Waals surface area contributed by atoms with Gasteiger partial charge in [-0.3, -0.25) is 14.7 Å². The van der Waals surface area contributed by atoms with Gasteiger partial charge in [0.25, 0.3) is 13.5 Å². The van der Waals surface area contributed by atoms with E-state index in [1.165, 1.54) is 30.3 Å². The quantitative estimate of drug-likeness (QED) is 0.324. The molecular weight excluding hydrogens is 261 g/mol. The Morgan fingerprint density at radius 1 is 1.33 bits per heavy atom. The van der Waals surface area contributed by atoms with Crippen molar-refractivity contribution >= 4 is 13.5 Å². The molecular formula is C10H11NO6P-. The first kappa shape index (κ1) is 14.5. The maximum absolute atomic E-state index is 11.2. The van der Waals surface area contributed by atoms with Crippen molar-refractivity contribution in [3.8, 4) is 0 Å². The highest BCUT2D eigenvalue weighted by Crippen LogP contribution is 2.39. The molecule has 0 fully saturated rings. The highest BCUT2D eigenvalue weighted by molar-refractivity contribution is 7.45. The topological polar surface area (TPSA) is 102 Å². The van der Waals surface area contributed by atoms with Crippen LogP contribution in [0.2, 0.25) is 0 Å². The summed E-state index contributed by atoms with van der Waals surface area (Å²) in [6, 6.07) is 5.34. The molecule has 0 saturated carbocycles. The molecule has 0 aromatic heterocycles. The summed E-state index contributed by atoms with van der Waals surface area (Å²) in [5.41, 5.74) is 0.408. The van der Waals surface area contributed by atoms with E-state index in [9.17, 15) is 19.6 Å². The van der Waals surface area contributed by atoms with E-state index in [2.05, 4.69) is 15.6 Å². The van der Waals surface area contributed by atoms with Crippen molar-refractivity contribution in [3.63, 3.8) is 0 Å². The van der Waals surface area contributed by atoms with Gasteiger partial charge in [0, 0.05) is 12.1 Å². The average Bonchev–Trinajstić information content (AvgIpc) is 2.35. The number of nitro benzene ring substituents is 1. The van der Waals surface area contributed by atoms with Crippen LogP contribution in [0, 0.1) is 10.1 Å². The zero-order chi connectivity index (χ0) is 13.6. The van der Waals surface area contributed by atoms with Crippen molar-refractivity contribution in [1.82, 2.24) is 0 Å². The van der Waals surface area contributed by atoms with Gasteiger partial charge in [-0.2, -0.15) is 0 Å². The number of hydrogen-bond donors (Lipinski definition) is 0. The van der Waals surface area contributed by atoms with E-state index in [0.29, 0.717) is 5.56 Å². The molecule has 1 aromatic carbocycles. The number of phosphoric acid groups is 1. The van der Waals surface area contributed by atoms with Gasteiger partial charge < -0.3 is 13.9 Å². The molecule has 0 amide bonds. The average molecular weight is 272 g/mol. The number of nitro groups is 1. The third-order valence-corrected chi connectivity index (χ3v) is 2.80. The van der Waals surface area contributed by atoms with Gasteiger partial charge in [0.1, 0.15) is 0 Å². The van der Waals surface area contributed by atoms with Crippen LogP contribution in [-0.2, 0) is 20.2 Å². The fraction of sp³-hybridized carbons (Fsp3) is 0.200. The molecule has 0 spiro atoms. The number of phosphoric ester groups is 1. The van der Waals surface area contributed by atoms with Crippen LogP contribution in [0.1, 0.15) is 5.56 Å². The molecule has 0 heterocycles. The molecule has 0 saturated heterocycles. The fourth-order valence-electron chi connectivity index (χ4n) is 1.05. The summed E-state index contributed by atoms with van der Waals surface area (Å²) >= 11 is 0. The molecule has 18 heavy (non-hydrogen) atoms. The molecule has 0 bridgehead atoms. The van der Waals surface area contributed by atoms with Crippen LogP contribution >= 0.6 is 7.82 Å². The van der Waals surface area contributed by atoms with Gasteiger partial charge in [0.05, 0.1) is 18.1 Å². The normalized spacial score (nSPS) is 13.8. The van der Waals surface area contributed by atoms with E-state index in [1.807, 2.05) is 0 Å². The van der Waals surface area contributed by atoms with Crippen molar-refractivity contribution in [3.05, 3.63) is 52.6 Å². The molecule has 7 nitrogen and oxygen atoms in total. The zero-order valence-corrected chi connectivity index (χ0v) is 10.2. The lowest BCUT2D eigenvalue weighted by molar-refractivity contribution is -0.384. The van der Waals surface area contributed by atoms with Crippen LogP contribution in [0.25, 0.3) is 0 Å². The SMILES string of the molecule is C=CCOP(=O)([O-])OCc1ccc([N+](=O)[O-])cc1. The van der Waals surface area contributed by atoms with Gasteiger partial charge in [-0.25, -0.2) is 0 Å². The summed E-state index contributed by atoms with van der Waals surface area (Å²) in [7, 11) is -4.36. The Balaban J connectivity index is 2.55. The standard InChI is InChI=1S/C10H12NO6P/c1-2-7-16-18(14,15)17-8-9-3-5-10(6-4-9)11(12)13/h2-6H,1,7-8H2,(H,14,15)/p-1. The molecule has 0 radical (unpaired) electrons. The molecule has 98 valence electrons. The summed E-state index contributed by atoms with van der Waals surface area (Å²) in [5.74, 6) is 0. The van der Waals surface area contributed by atoms with Crippen LogP contribution in [0.5, 0.6) is 0 Å². The van der Waals surface area contributed by atoms with Gasteiger partial charge >= 0.3 is 0 Å². The number of benzene rings is 1. The van der Waals surface area contributed by atoms with Gasteiger partial charge in [0.15, 0.2) is 0 Å². The number of nitrogens with zero attached hydrogens (tertiary/aromatic N) is 1. The number of hydrogen-bond acceptors (Lipinski definition) is 6. The minimum atomic E-state index is -4.36. The van der Waals surface area contributed by atoms with E-state index in [-0.39, 0.29) is 18.9 Å². The maximum Gasteiger partial charge on any atom is 0.269 e. The number of non-ortho nitro benzene ring substituents is 1. The van der Waals surface area contributed by atoms with E-state index in [4.69, 9.17) is 0 Å². The predicted octanol–water partition coefficient (Wildman–Crippen LogP) is 1.78. The molecule has 8 heteroatoms. The molecule has 1 atom stereocenters. The first-order valence-corrected chi connectivity index (χ1v) is 6.35. The zero-order valence-electron chi connectivity index (χ0n) is 9.35. The summed E-state index contributed by atoms with van der Waals surface area (Å²) in [4.78, 5) is 21.0. The number of rotatable bonds is 7. The predicted molar refractivity (Wildman–Crippen MR) is 61.6 cm³/mol. The molecule has 0 aliphatic heterocycles. The highest BCUT2D eigenvalue weighted by Gasteiger charge is 2.09. The molecule has 1 unspecified atom stereocenters. The van der Waals surface area contributed by atoms with Crippen molar-refractivity contribution in [2.45, 2.75) is 6.61 Å². The Morgan fingerprint density at radius 3 is 2.44 bits per heavy atom. The van der Waals surface area contributed by atoms with Crippen LogP contribution in [0.15, 0.2) is 36.9 Å². The van der Waals surface area contributed by atoms with Crippen molar-refractivity contribution in [2.75, 3.05) is 6.61 Å². The van der Waals surface area contributed by atoms with E-state index >= 15 is 0 Å². The van der Waals surface area contributed by atoms with E-state index in [1.54, 1.807) is 0 Å². The molecule has 1 aromatic rings. The monoisotopic (exact) mass is 272 g/mol. The molecule has 0 aliphatic rings. The van der Waals surface area contributed by atoms with Gasteiger partial charge in [0.2, 0.25) is 0 Å². The minimum Gasteiger partial charge on any atom is -0.756 e. The second-order valence-electron chi connectivity index (χ2n) is 3.23. The summed E-state index contributed by atoms with van der Waals surface area (Å²) in [5, 5.41) is 10.4. The van der Waals surface area contributed by atoms with E-state index < -0.39 is 12.7 Å². The van der Waals surface area contributed by atoms with Crippen LogP contribution < -0.4 is 4.89 Å². The van der Waals surface area contributed by atoms with Gasteiger partial charge in [-0.15, -0.1) is 6.58 Å². The Hall–Kier alpha value is -1.53. The second-order valence-corrected chi connectivity index (χ2v) is 4.64. The third-order valence-electron chi connectivity index (χ3n) is 1.89. The minimum absolute atomic E-state index is 0.0769. The van der Waals surface area contributed by atoms with E-state index in [0.717, 1.165) is 0 Å². The van der Waals surface area contributed by atoms with Crippen LogP contribution in [-0.4, -0.2) is 11.5 Å².